The van der Waals surface area contributed by atoms with Crippen molar-refractivity contribution in [3.63, 3.8) is 0 Å². The number of nitrogens with two attached hydrogens (primary N) is 2. The second kappa shape index (κ2) is 6.15. The van der Waals surface area contributed by atoms with Gasteiger partial charge in [-0.05, 0) is 18.4 Å². The van der Waals surface area contributed by atoms with E-state index in [0.29, 0.717) is 6.04 Å². The van der Waals surface area contributed by atoms with Crippen LogP contribution in [0.2, 0.25) is 0 Å². The van der Waals surface area contributed by atoms with Gasteiger partial charge in [0.1, 0.15) is 0 Å². The van der Waals surface area contributed by atoms with Gasteiger partial charge in [-0.1, -0.05) is 49.6 Å². The van der Waals surface area contributed by atoms with Crippen molar-refractivity contribution in [2.24, 2.45) is 11.5 Å². The highest BCUT2D eigenvalue weighted by molar-refractivity contribution is 5.20. The van der Waals surface area contributed by atoms with Gasteiger partial charge in [0.15, 0.2) is 0 Å². The number of hydrogen-bond acceptors (Lipinski definition) is 3. The highest BCUT2D eigenvalue weighted by Crippen LogP contribution is 2.22. The quantitative estimate of drug-likeness (QED) is 0.696. The summed E-state index contributed by atoms with van der Waals surface area (Å²) in [6.45, 7) is 0. The molecule has 1 aromatic rings. The predicted molar refractivity (Wildman–Crippen MR) is 71.4 cm³/mol. The van der Waals surface area contributed by atoms with Gasteiger partial charge in [-0.15, -0.1) is 0 Å². The van der Waals surface area contributed by atoms with Crippen LogP contribution in [0.4, 0.5) is 0 Å². The Hall–Kier alpha value is -0.900. The van der Waals surface area contributed by atoms with E-state index in [1.54, 1.807) is 0 Å². The van der Waals surface area contributed by atoms with E-state index in [9.17, 15) is 0 Å². The predicted octanol–water partition coefficient (Wildman–Crippen LogP) is 1.89. The minimum Gasteiger partial charge on any atom is -0.314 e. The highest BCUT2D eigenvalue weighted by Gasteiger charge is 2.21. The lowest BCUT2D eigenvalue weighted by Gasteiger charge is -2.30. The van der Waals surface area contributed by atoms with E-state index in [4.69, 9.17) is 11.5 Å². The van der Waals surface area contributed by atoms with Crippen LogP contribution in [0.25, 0.3) is 0 Å². The molecule has 1 atom stereocenters. The number of benzene rings is 1. The molecule has 0 aliphatic heterocycles. The molecule has 17 heavy (non-hydrogen) atoms. The van der Waals surface area contributed by atoms with Crippen molar-refractivity contribution in [2.75, 3.05) is 0 Å². The van der Waals surface area contributed by atoms with Crippen molar-refractivity contribution < 1.29 is 0 Å². The van der Waals surface area contributed by atoms with Crippen LogP contribution in [0.3, 0.4) is 0 Å². The summed E-state index contributed by atoms with van der Waals surface area (Å²) in [6, 6.07) is 10.9. The summed E-state index contributed by atoms with van der Waals surface area (Å²) in [7, 11) is 0. The molecule has 0 aromatic heterocycles. The van der Waals surface area contributed by atoms with Gasteiger partial charge in [0, 0.05) is 6.04 Å². The molecule has 0 spiro atoms. The molecule has 1 saturated carbocycles. The highest BCUT2D eigenvalue weighted by atomic mass is 15.0. The van der Waals surface area contributed by atoms with Gasteiger partial charge < -0.3 is 16.8 Å². The molecule has 3 nitrogen and oxygen atoms in total. The van der Waals surface area contributed by atoms with Crippen molar-refractivity contribution in [2.45, 2.75) is 50.4 Å². The summed E-state index contributed by atoms with van der Waals surface area (Å²) < 4.78 is 0. The zero-order valence-corrected chi connectivity index (χ0v) is 10.3. The summed E-state index contributed by atoms with van der Waals surface area (Å²) in [5, 5.41) is 3.62. The van der Waals surface area contributed by atoms with Gasteiger partial charge in [-0.3, -0.25) is 0 Å². The molecule has 1 aromatic carbocycles. The van der Waals surface area contributed by atoms with Gasteiger partial charge in [-0.25, -0.2) is 0 Å². The molecule has 2 rings (SSSR count). The normalized spacial score (nSPS) is 19.5. The fourth-order valence-electron chi connectivity index (χ4n) is 2.61. The lowest BCUT2D eigenvalue weighted by Crippen LogP contribution is -2.48. The molecule has 1 unspecified atom stereocenters. The molecule has 0 saturated heterocycles. The average Bonchev–Trinajstić information content (AvgIpc) is 2.38. The average molecular weight is 233 g/mol. The zero-order chi connectivity index (χ0) is 12.1. The molecule has 1 aliphatic carbocycles. The van der Waals surface area contributed by atoms with Crippen molar-refractivity contribution in [3.05, 3.63) is 35.9 Å². The minimum absolute atomic E-state index is 0.0688. The van der Waals surface area contributed by atoms with Crippen LogP contribution in [0.5, 0.6) is 0 Å². The summed E-state index contributed by atoms with van der Waals surface area (Å²) in [4.78, 5) is 0. The SMILES string of the molecule is NC(N)C(NC1CCCCC1)c1ccccc1. The second-order valence-corrected chi connectivity index (χ2v) is 4.97. The minimum atomic E-state index is -0.348. The lowest BCUT2D eigenvalue weighted by molar-refractivity contribution is 0.316. The van der Waals surface area contributed by atoms with Gasteiger partial charge >= 0.3 is 0 Å². The van der Waals surface area contributed by atoms with Crippen molar-refractivity contribution in [1.82, 2.24) is 5.32 Å². The fraction of sp³-hybridized carbons (Fsp3) is 0.571. The Morgan fingerprint density at radius 2 is 1.65 bits per heavy atom. The molecule has 5 N–H and O–H groups in total. The first-order chi connectivity index (χ1) is 8.27. The molecule has 0 heterocycles. The third-order valence-corrected chi connectivity index (χ3v) is 3.56. The smallest absolute Gasteiger partial charge is 0.0722 e. The Morgan fingerprint density at radius 3 is 2.24 bits per heavy atom. The first-order valence-electron chi connectivity index (χ1n) is 6.59. The Balaban J connectivity index is 2.02. The molecule has 1 aliphatic rings. The second-order valence-electron chi connectivity index (χ2n) is 4.97. The maximum absolute atomic E-state index is 5.90. The first kappa shape index (κ1) is 12.6. The molecule has 3 heteroatoms. The summed E-state index contributed by atoms with van der Waals surface area (Å²) in [6.07, 6.45) is 6.15. The van der Waals surface area contributed by atoms with Crippen LogP contribution >= 0.6 is 0 Å². The Labute approximate surface area is 104 Å². The van der Waals surface area contributed by atoms with Crippen LogP contribution < -0.4 is 16.8 Å². The van der Waals surface area contributed by atoms with Crippen molar-refractivity contribution >= 4 is 0 Å². The molecule has 94 valence electrons. The van der Waals surface area contributed by atoms with E-state index < -0.39 is 0 Å². The molecule has 0 bridgehead atoms. The zero-order valence-electron chi connectivity index (χ0n) is 10.3. The first-order valence-corrected chi connectivity index (χ1v) is 6.59. The van der Waals surface area contributed by atoms with Gasteiger partial charge in [-0.2, -0.15) is 0 Å². The van der Waals surface area contributed by atoms with E-state index in [-0.39, 0.29) is 12.2 Å². The van der Waals surface area contributed by atoms with E-state index in [2.05, 4.69) is 17.4 Å². The largest absolute Gasteiger partial charge is 0.314 e. The number of nitrogens with one attached hydrogen (secondary N) is 1. The maximum atomic E-state index is 5.90. The topological polar surface area (TPSA) is 64.1 Å². The van der Waals surface area contributed by atoms with Gasteiger partial charge in [0.05, 0.1) is 12.2 Å². The van der Waals surface area contributed by atoms with Crippen LogP contribution in [0, 0.1) is 0 Å². The number of hydrogen-bond donors (Lipinski definition) is 3. The van der Waals surface area contributed by atoms with Crippen LogP contribution in [0.1, 0.15) is 43.7 Å². The third-order valence-electron chi connectivity index (χ3n) is 3.56. The van der Waals surface area contributed by atoms with E-state index in [1.807, 2.05) is 18.2 Å². The summed E-state index contributed by atoms with van der Waals surface area (Å²) in [5.74, 6) is 0. The summed E-state index contributed by atoms with van der Waals surface area (Å²) >= 11 is 0. The Bertz CT molecular complexity index is 317. The fourth-order valence-corrected chi connectivity index (χ4v) is 2.61. The van der Waals surface area contributed by atoms with Crippen LogP contribution in [-0.4, -0.2) is 12.2 Å². The van der Waals surface area contributed by atoms with E-state index in [0.717, 1.165) is 0 Å². The van der Waals surface area contributed by atoms with E-state index >= 15 is 0 Å². The Morgan fingerprint density at radius 1 is 1.00 bits per heavy atom. The van der Waals surface area contributed by atoms with Gasteiger partial charge in [0.2, 0.25) is 0 Å². The van der Waals surface area contributed by atoms with Gasteiger partial charge in [0.25, 0.3) is 0 Å². The van der Waals surface area contributed by atoms with E-state index in [1.165, 1.54) is 37.7 Å². The van der Waals surface area contributed by atoms with Crippen LogP contribution in [-0.2, 0) is 0 Å². The number of rotatable bonds is 4. The molecular weight excluding hydrogens is 210 g/mol. The molecule has 0 amide bonds. The monoisotopic (exact) mass is 233 g/mol. The Kier molecular flexibility index (Phi) is 4.54. The molecule has 1 fully saturated rings. The standard InChI is InChI=1S/C14H23N3/c15-14(16)13(11-7-3-1-4-8-11)17-12-9-5-2-6-10-12/h1,3-4,7-8,12-14,17H,2,5-6,9-10,15-16H2. The maximum Gasteiger partial charge on any atom is 0.0722 e. The lowest BCUT2D eigenvalue weighted by atomic mass is 9.93. The molecular formula is C14H23N3. The molecule has 0 radical (unpaired) electrons. The van der Waals surface area contributed by atoms with Crippen molar-refractivity contribution in [3.8, 4) is 0 Å². The summed E-state index contributed by atoms with van der Waals surface area (Å²) in [5.41, 5.74) is 13.0. The van der Waals surface area contributed by atoms with Crippen LogP contribution in [0.15, 0.2) is 30.3 Å². The third kappa shape index (κ3) is 3.53. The van der Waals surface area contributed by atoms with Crippen molar-refractivity contribution in [1.29, 1.82) is 0 Å².